The summed E-state index contributed by atoms with van der Waals surface area (Å²) in [6, 6.07) is 40.0. The molecule has 0 aliphatic heterocycles. The van der Waals surface area contributed by atoms with Gasteiger partial charge >= 0.3 is 0 Å². The summed E-state index contributed by atoms with van der Waals surface area (Å²) >= 11 is 0. The lowest BCUT2D eigenvalue weighted by molar-refractivity contribution is 1.50. The molecular formula is C36H30. The van der Waals surface area contributed by atoms with Gasteiger partial charge in [-0.05, 0) is 81.6 Å². The summed E-state index contributed by atoms with van der Waals surface area (Å²) < 4.78 is 0. The minimum atomic E-state index is 1.31. The maximum Gasteiger partial charge on any atom is -0.00963 e. The minimum Gasteiger partial charge on any atom is -0.0616 e. The third kappa shape index (κ3) is 3.89. The average molecular weight is 463 g/mol. The standard InChI is InChI=1S/C20H16.C16H14/c1-13-7-9-17-18-10-8-14(2)12-20(18)16-6-4-3-5-15(16)19(17)11-13;1-11-3-7-15-13(9-11)5-6-14-10-12(2)4-8-16(14)15/h3-12H,1-2H3;3-10H,1-2H3. The lowest BCUT2D eigenvalue weighted by Crippen LogP contribution is -1.85. The van der Waals surface area contributed by atoms with Crippen molar-refractivity contribution >= 4 is 53.9 Å². The van der Waals surface area contributed by atoms with Gasteiger partial charge in [0.15, 0.2) is 0 Å². The largest absolute Gasteiger partial charge is 0.0616 e. The van der Waals surface area contributed by atoms with E-state index in [2.05, 4.69) is 137 Å². The summed E-state index contributed by atoms with van der Waals surface area (Å²) in [6.45, 7) is 8.60. The van der Waals surface area contributed by atoms with Crippen LogP contribution in [0.1, 0.15) is 22.3 Å². The van der Waals surface area contributed by atoms with Crippen molar-refractivity contribution in [2.45, 2.75) is 27.7 Å². The Morgan fingerprint density at radius 2 is 0.611 bits per heavy atom. The lowest BCUT2D eigenvalue weighted by atomic mass is 9.93. The predicted molar refractivity (Wildman–Crippen MR) is 159 cm³/mol. The van der Waals surface area contributed by atoms with Crippen LogP contribution in [0.5, 0.6) is 0 Å². The van der Waals surface area contributed by atoms with E-state index >= 15 is 0 Å². The smallest absolute Gasteiger partial charge is 0.00963 e. The molecule has 0 unspecified atom stereocenters. The Kier molecular flexibility index (Phi) is 5.46. The molecule has 0 nitrogen and oxygen atoms in total. The Hall–Kier alpha value is -4.16. The monoisotopic (exact) mass is 462 g/mol. The summed E-state index contributed by atoms with van der Waals surface area (Å²) in [5.41, 5.74) is 5.26. The SMILES string of the molecule is Cc1ccc2c(ccc3cc(C)ccc32)c1.Cc1ccc2c3ccc(C)cc3c3ccccc3c2c1. The third-order valence-corrected chi connectivity index (χ3v) is 7.29. The van der Waals surface area contributed by atoms with Crippen molar-refractivity contribution in [1.29, 1.82) is 0 Å². The van der Waals surface area contributed by atoms with Crippen molar-refractivity contribution < 1.29 is 0 Å². The highest BCUT2D eigenvalue weighted by atomic mass is 14.1. The lowest BCUT2D eigenvalue weighted by Gasteiger charge is -2.11. The van der Waals surface area contributed by atoms with Crippen molar-refractivity contribution in [3.8, 4) is 0 Å². The van der Waals surface area contributed by atoms with Crippen molar-refractivity contribution in [2.75, 3.05) is 0 Å². The Labute approximate surface area is 212 Å². The van der Waals surface area contributed by atoms with E-state index in [4.69, 9.17) is 0 Å². The molecule has 7 aromatic carbocycles. The van der Waals surface area contributed by atoms with Gasteiger partial charge < -0.3 is 0 Å². The van der Waals surface area contributed by atoms with E-state index in [0.717, 1.165) is 0 Å². The Balaban J connectivity index is 0.000000137. The normalized spacial score (nSPS) is 11.3. The highest BCUT2D eigenvalue weighted by molar-refractivity contribution is 6.25. The topological polar surface area (TPSA) is 0 Å². The second kappa shape index (κ2) is 8.81. The van der Waals surface area contributed by atoms with Crippen molar-refractivity contribution in [3.63, 3.8) is 0 Å². The van der Waals surface area contributed by atoms with Gasteiger partial charge in [0.25, 0.3) is 0 Å². The molecule has 0 aliphatic carbocycles. The molecule has 36 heavy (non-hydrogen) atoms. The van der Waals surface area contributed by atoms with Crippen molar-refractivity contribution in [2.24, 2.45) is 0 Å². The van der Waals surface area contributed by atoms with Crippen molar-refractivity contribution in [1.82, 2.24) is 0 Å². The van der Waals surface area contributed by atoms with Gasteiger partial charge in [0.1, 0.15) is 0 Å². The highest BCUT2D eigenvalue weighted by Gasteiger charge is 2.08. The van der Waals surface area contributed by atoms with Crippen LogP contribution in [-0.2, 0) is 0 Å². The molecule has 0 saturated heterocycles. The molecule has 0 aliphatic rings. The summed E-state index contributed by atoms with van der Waals surface area (Å²) in [5.74, 6) is 0. The number of aryl methyl sites for hydroxylation is 4. The summed E-state index contributed by atoms with van der Waals surface area (Å²) in [4.78, 5) is 0. The zero-order chi connectivity index (χ0) is 24.8. The van der Waals surface area contributed by atoms with Crippen LogP contribution in [0.2, 0.25) is 0 Å². The molecular weight excluding hydrogens is 432 g/mol. The minimum absolute atomic E-state index is 1.31. The molecule has 0 heteroatoms. The van der Waals surface area contributed by atoms with Gasteiger partial charge in [-0.2, -0.15) is 0 Å². The van der Waals surface area contributed by atoms with Crippen LogP contribution in [0.25, 0.3) is 53.9 Å². The summed E-state index contributed by atoms with van der Waals surface area (Å²) in [7, 11) is 0. The van der Waals surface area contributed by atoms with Crippen LogP contribution < -0.4 is 0 Å². The molecule has 0 heterocycles. The number of rotatable bonds is 0. The Bertz CT molecular complexity index is 1760. The maximum atomic E-state index is 2.30. The Morgan fingerprint density at radius 1 is 0.278 bits per heavy atom. The Morgan fingerprint density at radius 3 is 1.03 bits per heavy atom. The first-order valence-corrected chi connectivity index (χ1v) is 12.7. The van der Waals surface area contributed by atoms with Crippen LogP contribution in [0.15, 0.2) is 109 Å². The first-order valence-electron chi connectivity index (χ1n) is 12.7. The van der Waals surface area contributed by atoms with Gasteiger partial charge in [0.05, 0.1) is 0 Å². The molecule has 0 N–H and O–H groups in total. The molecule has 0 amide bonds. The molecule has 0 saturated carbocycles. The molecule has 0 fully saturated rings. The van der Waals surface area contributed by atoms with Gasteiger partial charge in [0, 0.05) is 0 Å². The van der Waals surface area contributed by atoms with Crippen molar-refractivity contribution in [3.05, 3.63) is 131 Å². The molecule has 0 atom stereocenters. The van der Waals surface area contributed by atoms with Crippen LogP contribution in [0, 0.1) is 27.7 Å². The first-order chi connectivity index (χ1) is 17.5. The van der Waals surface area contributed by atoms with Crippen LogP contribution in [-0.4, -0.2) is 0 Å². The quantitative estimate of drug-likeness (QED) is 0.197. The van der Waals surface area contributed by atoms with Crippen LogP contribution >= 0.6 is 0 Å². The first kappa shape index (κ1) is 22.3. The number of hydrogen-bond donors (Lipinski definition) is 0. The van der Waals surface area contributed by atoms with E-state index in [1.54, 1.807) is 0 Å². The molecule has 7 aromatic rings. The van der Waals surface area contributed by atoms with E-state index < -0.39 is 0 Å². The molecule has 174 valence electrons. The molecule has 7 rings (SSSR count). The molecule has 0 spiro atoms. The summed E-state index contributed by atoms with van der Waals surface area (Å²) in [5, 5.41) is 13.5. The van der Waals surface area contributed by atoms with Gasteiger partial charge in [-0.25, -0.2) is 0 Å². The fourth-order valence-corrected chi connectivity index (χ4v) is 5.49. The molecule has 0 radical (unpaired) electrons. The van der Waals surface area contributed by atoms with Crippen LogP contribution in [0.4, 0.5) is 0 Å². The van der Waals surface area contributed by atoms with E-state index in [0.29, 0.717) is 0 Å². The van der Waals surface area contributed by atoms with E-state index in [9.17, 15) is 0 Å². The highest BCUT2D eigenvalue weighted by Crippen LogP contribution is 2.35. The zero-order valence-electron chi connectivity index (χ0n) is 21.4. The molecule has 0 aromatic heterocycles. The van der Waals surface area contributed by atoms with Gasteiger partial charge in [-0.15, -0.1) is 0 Å². The average Bonchev–Trinajstić information content (AvgIpc) is 2.89. The van der Waals surface area contributed by atoms with Gasteiger partial charge in [-0.1, -0.05) is 131 Å². The molecule has 0 bridgehead atoms. The second-order valence-electron chi connectivity index (χ2n) is 10.2. The predicted octanol–water partition coefficient (Wildman–Crippen LogP) is 10.4. The maximum absolute atomic E-state index is 2.30. The number of fused-ring (bicyclic) bond motifs is 9. The fourth-order valence-electron chi connectivity index (χ4n) is 5.49. The van der Waals surface area contributed by atoms with E-state index in [-0.39, 0.29) is 0 Å². The van der Waals surface area contributed by atoms with E-state index in [1.165, 1.54) is 76.1 Å². The number of hydrogen-bond acceptors (Lipinski definition) is 0. The van der Waals surface area contributed by atoms with Gasteiger partial charge in [0.2, 0.25) is 0 Å². The third-order valence-electron chi connectivity index (χ3n) is 7.29. The van der Waals surface area contributed by atoms with Gasteiger partial charge in [-0.3, -0.25) is 0 Å². The zero-order valence-corrected chi connectivity index (χ0v) is 21.4. The summed E-state index contributed by atoms with van der Waals surface area (Å²) in [6.07, 6.45) is 0. The van der Waals surface area contributed by atoms with E-state index in [1.807, 2.05) is 0 Å². The number of benzene rings is 7. The second-order valence-corrected chi connectivity index (χ2v) is 10.2. The fraction of sp³-hybridized carbons (Fsp3) is 0.111. The van der Waals surface area contributed by atoms with Crippen LogP contribution in [0.3, 0.4) is 0 Å².